The highest BCUT2D eigenvalue weighted by atomic mass is 19.3. The van der Waals surface area contributed by atoms with E-state index in [0.29, 0.717) is 0 Å². The molecule has 0 saturated carbocycles. The van der Waals surface area contributed by atoms with Crippen LogP contribution < -0.4 is 5.32 Å². The molecule has 68 valence electrons. The second-order valence-corrected chi connectivity index (χ2v) is 2.39. The molecule has 0 bridgehead atoms. The summed E-state index contributed by atoms with van der Waals surface area (Å²) in [4.78, 5) is 0. The monoisotopic (exact) mass is 177 g/mol. The lowest BCUT2D eigenvalue weighted by Gasteiger charge is -2.11. The normalized spacial score (nSPS) is 13.4. The molecule has 0 spiro atoms. The molecule has 1 unspecified atom stereocenters. The van der Waals surface area contributed by atoms with Crippen LogP contribution in [-0.4, -0.2) is 32.7 Å². The number of alkyl halides is 2. The number of nitrogens with zero attached hydrogens (tertiary/aromatic N) is 4. The summed E-state index contributed by atoms with van der Waals surface area (Å²) in [5.41, 5.74) is 0. The molecule has 5 nitrogen and oxygen atoms in total. The van der Waals surface area contributed by atoms with Gasteiger partial charge in [0.15, 0.2) is 0 Å². The lowest BCUT2D eigenvalue weighted by molar-refractivity contribution is 0.130. The van der Waals surface area contributed by atoms with Gasteiger partial charge in [-0.1, -0.05) is 5.10 Å². The highest BCUT2D eigenvalue weighted by Gasteiger charge is 2.16. The van der Waals surface area contributed by atoms with Crippen LogP contribution in [-0.2, 0) is 7.05 Å². The van der Waals surface area contributed by atoms with Gasteiger partial charge in [0.2, 0.25) is 5.95 Å². The molecule has 7 heteroatoms. The lowest BCUT2D eigenvalue weighted by Crippen LogP contribution is -2.25. The van der Waals surface area contributed by atoms with Gasteiger partial charge in [0.05, 0.1) is 6.04 Å². The Morgan fingerprint density at radius 3 is 2.58 bits per heavy atom. The Kier molecular flexibility index (Phi) is 2.51. The topological polar surface area (TPSA) is 55.6 Å². The van der Waals surface area contributed by atoms with Crippen molar-refractivity contribution in [3.63, 3.8) is 0 Å². The maximum Gasteiger partial charge on any atom is 0.258 e. The number of halogens is 2. The van der Waals surface area contributed by atoms with E-state index in [4.69, 9.17) is 0 Å². The third-order valence-corrected chi connectivity index (χ3v) is 1.35. The highest BCUT2D eigenvalue weighted by Crippen LogP contribution is 2.06. The highest BCUT2D eigenvalue weighted by molar-refractivity contribution is 5.22. The van der Waals surface area contributed by atoms with Gasteiger partial charge in [0.25, 0.3) is 6.43 Å². The first kappa shape index (κ1) is 8.82. The zero-order chi connectivity index (χ0) is 9.14. The van der Waals surface area contributed by atoms with E-state index >= 15 is 0 Å². The quantitative estimate of drug-likeness (QED) is 0.720. The van der Waals surface area contributed by atoms with E-state index < -0.39 is 12.5 Å². The van der Waals surface area contributed by atoms with Crippen LogP contribution in [0.15, 0.2) is 0 Å². The maximum atomic E-state index is 12.0. The predicted molar refractivity (Wildman–Crippen MR) is 37.9 cm³/mol. The van der Waals surface area contributed by atoms with E-state index in [1.807, 2.05) is 0 Å². The fraction of sp³-hybridized carbons (Fsp3) is 0.800. The third kappa shape index (κ3) is 1.86. The number of aryl methyl sites for hydroxylation is 1. The van der Waals surface area contributed by atoms with Gasteiger partial charge in [-0.15, -0.1) is 0 Å². The maximum absolute atomic E-state index is 12.0. The standard InChI is InChI=1S/C5H9F2N5/c1-3(4(6)7)8-5-9-10-11-12(5)2/h3-4H,1-2H3,(H,8,9,11). The summed E-state index contributed by atoms with van der Waals surface area (Å²) in [5, 5.41) is 12.7. The smallest absolute Gasteiger partial charge is 0.258 e. The third-order valence-electron chi connectivity index (χ3n) is 1.35. The predicted octanol–water partition coefficient (Wildman–Crippen LogP) is 0.276. The van der Waals surface area contributed by atoms with Gasteiger partial charge in [-0.2, -0.15) is 0 Å². The first-order chi connectivity index (χ1) is 5.61. The molecule has 0 saturated heterocycles. The lowest BCUT2D eigenvalue weighted by atomic mass is 10.4. The van der Waals surface area contributed by atoms with Gasteiger partial charge in [0.1, 0.15) is 0 Å². The van der Waals surface area contributed by atoms with Crippen molar-refractivity contribution in [3.05, 3.63) is 0 Å². The average molecular weight is 177 g/mol. The number of hydrogen-bond donors (Lipinski definition) is 1. The van der Waals surface area contributed by atoms with Crippen LogP contribution in [0.5, 0.6) is 0 Å². The molecule has 0 aliphatic carbocycles. The van der Waals surface area contributed by atoms with Crippen molar-refractivity contribution in [1.82, 2.24) is 20.2 Å². The summed E-state index contributed by atoms with van der Waals surface area (Å²) in [6, 6.07) is -0.949. The molecule has 1 heterocycles. The summed E-state index contributed by atoms with van der Waals surface area (Å²) >= 11 is 0. The second kappa shape index (κ2) is 3.42. The molecule has 1 rings (SSSR count). The SMILES string of the molecule is CC(Nc1nnnn1C)C(F)F. The Hall–Kier alpha value is -1.27. The molecule has 0 amide bonds. The van der Waals surface area contributed by atoms with Crippen LogP contribution in [0.25, 0.3) is 0 Å². The number of hydrogen-bond acceptors (Lipinski definition) is 4. The van der Waals surface area contributed by atoms with E-state index in [0.717, 1.165) is 0 Å². The number of anilines is 1. The number of rotatable bonds is 3. The number of tetrazole rings is 1. The summed E-state index contributed by atoms with van der Waals surface area (Å²) in [7, 11) is 1.57. The van der Waals surface area contributed by atoms with Crippen molar-refractivity contribution in [2.24, 2.45) is 7.05 Å². The molecule has 1 aromatic rings. The fourth-order valence-corrected chi connectivity index (χ4v) is 0.618. The minimum Gasteiger partial charge on any atom is -0.345 e. The van der Waals surface area contributed by atoms with Gasteiger partial charge >= 0.3 is 0 Å². The second-order valence-electron chi connectivity index (χ2n) is 2.39. The van der Waals surface area contributed by atoms with E-state index in [1.165, 1.54) is 11.6 Å². The Balaban J connectivity index is 2.58. The molecule has 0 aliphatic heterocycles. The van der Waals surface area contributed by atoms with Crippen LogP contribution >= 0.6 is 0 Å². The molecule has 1 atom stereocenters. The molecular weight excluding hydrogens is 168 g/mol. The molecule has 1 aromatic heterocycles. The first-order valence-corrected chi connectivity index (χ1v) is 3.38. The number of aromatic nitrogens is 4. The van der Waals surface area contributed by atoms with Gasteiger partial charge in [-0.25, -0.2) is 13.5 Å². The summed E-state index contributed by atoms with van der Waals surface area (Å²) in [6.07, 6.45) is -2.43. The van der Waals surface area contributed by atoms with E-state index in [2.05, 4.69) is 20.8 Å². The van der Waals surface area contributed by atoms with Crippen LogP contribution in [0.1, 0.15) is 6.92 Å². The average Bonchev–Trinajstić information content (AvgIpc) is 2.36. The van der Waals surface area contributed by atoms with E-state index in [9.17, 15) is 8.78 Å². The minimum atomic E-state index is -2.43. The molecule has 0 radical (unpaired) electrons. The molecular formula is C5H9F2N5. The molecule has 1 N–H and O–H groups in total. The minimum absolute atomic E-state index is 0.239. The summed E-state index contributed by atoms with van der Waals surface area (Å²) in [5.74, 6) is 0.239. The van der Waals surface area contributed by atoms with E-state index in [-0.39, 0.29) is 5.95 Å². The zero-order valence-electron chi connectivity index (χ0n) is 6.70. The van der Waals surface area contributed by atoms with Crippen molar-refractivity contribution in [2.75, 3.05) is 5.32 Å². The van der Waals surface area contributed by atoms with Gasteiger partial charge in [-0.05, 0) is 17.4 Å². The largest absolute Gasteiger partial charge is 0.345 e. The number of nitrogens with one attached hydrogen (secondary N) is 1. The van der Waals surface area contributed by atoms with Crippen molar-refractivity contribution in [3.8, 4) is 0 Å². The Morgan fingerprint density at radius 1 is 1.50 bits per heavy atom. The summed E-state index contributed by atoms with van der Waals surface area (Å²) in [6.45, 7) is 1.36. The Labute approximate surface area is 67.8 Å². The van der Waals surface area contributed by atoms with Crippen LogP contribution in [0.2, 0.25) is 0 Å². The van der Waals surface area contributed by atoms with Gasteiger partial charge < -0.3 is 5.32 Å². The fourth-order valence-electron chi connectivity index (χ4n) is 0.618. The van der Waals surface area contributed by atoms with Crippen LogP contribution in [0, 0.1) is 0 Å². The Morgan fingerprint density at radius 2 is 2.17 bits per heavy atom. The Bertz CT molecular complexity index is 248. The van der Waals surface area contributed by atoms with Crippen LogP contribution in [0.4, 0.5) is 14.7 Å². The van der Waals surface area contributed by atoms with Crippen molar-refractivity contribution in [1.29, 1.82) is 0 Å². The van der Waals surface area contributed by atoms with Crippen LogP contribution in [0.3, 0.4) is 0 Å². The van der Waals surface area contributed by atoms with Crippen molar-refractivity contribution in [2.45, 2.75) is 19.4 Å². The molecule has 0 aromatic carbocycles. The molecule has 0 fully saturated rings. The summed E-state index contributed by atoms with van der Waals surface area (Å²) < 4.78 is 25.3. The van der Waals surface area contributed by atoms with Gasteiger partial charge in [-0.3, -0.25) is 0 Å². The zero-order valence-corrected chi connectivity index (χ0v) is 6.70. The van der Waals surface area contributed by atoms with Crippen molar-refractivity contribution < 1.29 is 8.78 Å². The van der Waals surface area contributed by atoms with Gasteiger partial charge in [0, 0.05) is 7.05 Å². The molecule has 12 heavy (non-hydrogen) atoms. The van der Waals surface area contributed by atoms with Crippen molar-refractivity contribution >= 4 is 5.95 Å². The first-order valence-electron chi connectivity index (χ1n) is 3.38. The van der Waals surface area contributed by atoms with E-state index in [1.54, 1.807) is 7.05 Å². The molecule has 0 aliphatic rings.